The number of rotatable bonds is 12. The molecule has 0 fully saturated rings. The van der Waals surface area contributed by atoms with Gasteiger partial charge in [-0.05, 0) is 90.7 Å². The minimum atomic E-state index is -4.61. The third-order valence-electron chi connectivity index (χ3n) is 7.29. The van der Waals surface area contributed by atoms with Crippen molar-refractivity contribution in [3.8, 4) is 11.5 Å². The molecule has 0 radical (unpaired) electrons. The highest BCUT2D eigenvalue weighted by atomic mass is 32.2. The summed E-state index contributed by atoms with van der Waals surface area (Å²) in [5.41, 5.74) is 3.36. The summed E-state index contributed by atoms with van der Waals surface area (Å²) in [6.07, 6.45) is 1.68. The minimum absolute atomic E-state index is 0.0528. The van der Waals surface area contributed by atoms with E-state index in [-0.39, 0.29) is 22.9 Å². The van der Waals surface area contributed by atoms with Gasteiger partial charge in [-0.15, -0.1) is 0 Å². The molecule has 5 aromatic carbocycles. The number of anilines is 4. The molecular weight excluding hydrogens is 681 g/mol. The second-order valence-electron chi connectivity index (χ2n) is 10.8. The van der Waals surface area contributed by atoms with Crippen molar-refractivity contribution < 1.29 is 34.8 Å². The van der Waals surface area contributed by atoms with Crippen LogP contribution in [0, 0.1) is 0 Å². The maximum absolute atomic E-state index is 13.3. The Bertz CT molecular complexity index is 2050. The first kappa shape index (κ1) is 35.4. The van der Waals surface area contributed by atoms with Crippen LogP contribution in [0.5, 0.6) is 11.5 Å². The third kappa shape index (κ3) is 9.18. The average molecular weight is 715 g/mol. The topological polar surface area (TPSA) is 169 Å². The van der Waals surface area contributed by atoms with Crippen LogP contribution in [0.15, 0.2) is 131 Å². The number of carbonyl (C=O) groups is 2. The predicted octanol–water partition coefficient (Wildman–Crippen LogP) is 7.63. The molecule has 0 unspecified atom stereocenters. The fraction of sp³-hybridized carbons (Fsp3) is 0.111. The van der Waals surface area contributed by atoms with Crippen LogP contribution < -0.4 is 29.6 Å². The standard InChI is InChI=1S/C36H34N4O8S2/c1-3-25-16-20-27(21-17-25)37-35(41)39-31-12-5-7-14-33(31)47-49(43,44)29-10-9-11-30(24-29)50(45,46)48-34-15-8-6-13-32(34)40-36(42)38-28-22-18-26(4-2)19-23-28/h5-24H,3-4H2,1-2H3,(H2,37,39,41)(H2,38,40,42). The van der Waals surface area contributed by atoms with Gasteiger partial charge in [-0.3, -0.25) is 0 Å². The van der Waals surface area contributed by atoms with Crippen LogP contribution in [-0.2, 0) is 33.1 Å². The van der Waals surface area contributed by atoms with Gasteiger partial charge in [0.2, 0.25) is 0 Å². The first-order valence-corrected chi connectivity index (χ1v) is 18.3. The number of benzene rings is 5. The lowest BCUT2D eigenvalue weighted by Gasteiger charge is -2.15. The van der Waals surface area contributed by atoms with Gasteiger partial charge in [-0.25, -0.2) is 9.59 Å². The summed E-state index contributed by atoms with van der Waals surface area (Å²) in [4.78, 5) is 24.4. The van der Waals surface area contributed by atoms with Gasteiger partial charge in [0.1, 0.15) is 9.79 Å². The monoisotopic (exact) mass is 714 g/mol. The molecule has 0 aliphatic rings. The molecule has 5 rings (SSSR count). The second kappa shape index (κ2) is 15.6. The van der Waals surface area contributed by atoms with E-state index in [2.05, 4.69) is 21.3 Å². The molecule has 14 heteroatoms. The van der Waals surface area contributed by atoms with Crippen molar-refractivity contribution in [2.24, 2.45) is 0 Å². The lowest BCUT2D eigenvalue weighted by molar-refractivity contribution is 0.261. The van der Waals surface area contributed by atoms with Crippen LogP contribution >= 0.6 is 0 Å². The molecule has 0 aromatic heterocycles. The molecule has 0 aliphatic carbocycles. The van der Waals surface area contributed by atoms with Gasteiger partial charge in [0.15, 0.2) is 11.5 Å². The Kier molecular flexibility index (Phi) is 11.0. The molecule has 0 spiro atoms. The van der Waals surface area contributed by atoms with Gasteiger partial charge in [0.05, 0.1) is 11.4 Å². The average Bonchev–Trinajstić information content (AvgIpc) is 3.10. The fourth-order valence-corrected chi connectivity index (χ4v) is 6.68. The maximum Gasteiger partial charge on any atom is 0.339 e. The zero-order chi connectivity index (χ0) is 35.7. The molecule has 0 atom stereocenters. The molecule has 0 saturated carbocycles. The highest BCUT2D eigenvalue weighted by molar-refractivity contribution is 7.88. The molecule has 12 nitrogen and oxygen atoms in total. The van der Waals surface area contributed by atoms with E-state index in [0.29, 0.717) is 11.4 Å². The van der Waals surface area contributed by atoms with Gasteiger partial charge in [0.25, 0.3) is 0 Å². The highest BCUT2D eigenvalue weighted by Gasteiger charge is 2.25. The normalized spacial score (nSPS) is 11.2. The lowest BCUT2D eigenvalue weighted by atomic mass is 10.1. The zero-order valence-electron chi connectivity index (χ0n) is 27.0. The molecule has 50 heavy (non-hydrogen) atoms. The summed E-state index contributed by atoms with van der Waals surface area (Å²) in [6.45, 7) is 4.03. The Balaban J connectivity index is 1.29. The van der Waals surface area contributed by atoms with Crippen molar-refractivity contribution in [3.63, 3.8) is 0 Å². The smallest absolute Gasteiger partial charge is 0.339 e. The van der Waals surface area contributed by atoms with Gasteiger partial charge < -0.3 is 29.6 Å². The summed E-state index contributed by atoms with van der Waals surface area (Å²) >= 11 is 0. The van der Waals surface area contributed by atoms with E-state index in [9.17, 15) is 26.4 Å². The van der Waals surface area contributed by atoms with Crippen LogP contribution in [0.4, 0.5) is 32.3 Å². The molecule has 5 aromatic rings. The van der Waals surface area contributed by atoms with Gasteiger partial charge >= 0.3 is 32.3 Å². The fourth-order valence-electron chi connectivity index (χ4n) is 4.62. The second-order valence-corrected chi connectivity index (χ2v) is 13.9. The number of nitrogens with one attached hydrogen (secondary N) is 4. The van der Waals surface area contributed by atoms with Crippen LogP contribution in [-0.4, -0.2) is 28.9 Å². The molecule has 0 saturated heterocycles. The number of urea groups is 2. The summed E-state index contributed by atoms with van der Waals surface area (Å²) < 4.78 is 64.1. The van der Waals surface area contributed by atoms with E-state index in [1.807, 2.05) is 38.1 Å². The van der Waals surface area contributed by atoms with Crippen LogP contribution in [0.3, 0.4) is 0 Å². The Morgan fingerprint density at radius 2 is 0.880 bits per heavy atom. The number of aryl methyl sites for hydroxylation is 2. The maximum atomic E-state index is 13.3. The summed E-state index contributed by atoms with van der Waals surface area (Å²) in [6, 6.07) is 29.4. The van der Waals surface area contributed by atoms with Crippen LogP contribution in [0.1, 0.15) is 25.0 Å². The van der Waals surface area contributed by atoms with Crippen LogP contribution in [0.25, 0.3) is 0 Å². The van der Waals surface area contributed by atoms with Gasteiger partial charge in [0, 0.05) is 11.4 Å². The van der Waals surface area contributed by atoms with E-state index in [1.165, 1.54) is 42.5 Å². The number of amides is 4. The number of carbonyl (C=O) groups excluding carboxylic acids is 2. The summed E-state index contributed by atoms with van der Waals surface area (Å²) in [7, 11) is -9.22. The van der Waals surface area contributed by atoms with Gasteiger partial charge in [-0.2, -0.15) is 16.8 Å². The number of hydrogen-bond acceptors (Lipinski definition) is 8. The quantitative estimate of drug-likeness (QED) is 0.0957. The van der Waals surface area contributed by atoms with E-state index >= 15 is 0 Å². The first-order valence-electron chi connectivity index (χ1n) is 15.5. The van der Waals surface area contributed by atoms with Crippen molar-refractivity contribution in [1.82, 2.24) is 0 Å². The first-order chi connectivity index (χ1) is 24.0. The number of hydrogen-bond donors (Lipinski definition) is 4. The molecular formula is C36H34N4O8S2. The van der Waals surface area contributed by atoms with Gasteiger partial charge in [-0.1, -0.05) is 68.4 Å². The molecule has 0 bridgehead atoms. The summed E-state index contributed by atoms with van der Waals surface area (Å²) in [5, 5.41) is 10.5. The Labute approximate surface area is 290 Å². The number of para-hydroxylation sites is 4. The van der Waals surface area contributed by atoms with E-state index in [4.69, 9.17) is 8.37 Å². The SMILES string of the molecule is CCc1ccc(NC(=O)Nc2ccccc2OS(=O)(=O)c2cccc(S(=O)(=O)Oc3ccccc3NC(=O)Nc3ccc(CC)cc3)c2)cc1. The molecule has 0 heterocycles. The van der Waals surface area contributed by atoms with Crippen molar-refractivity contribution in [1.29, 1.82) is 0 Å². The van der Waals surface area contributed by atoms with E-state index < -0.39 is 42.1 Å². The zero-order valence-corrected chi connectivity index (χ0v) is 28.7. The minimum Gasteiger partial charge on any atom is -0.377 e. The van der Waals surface area contributed by atoms with Crippen molar-refractivity contribution in [3.05, 3.63) is 132 Å². The lowest BCUT2D eigenvalue weighted by Crippen LogP contribution is -2.21. The molecule has 4 N–H and O–H groups in total. The Morgan fingerprint density at radius 3 is 1.26 bits per heavy atom. The van der Waals surface area contributed by atoms with Crippen molar-refractivity contribution in [2.45, 2.75) is 36.5 Å². The highest BCUT2D eigenvalue weighted by Crippen LogP contribution is 2.31. The molecule has 258 valence electrons. The third-order valence-corrected chi connectivity index (χ3v) is 9.75. The molecule has 0 aliphatic heterocycles. The van der Waals surface area contributed by atoms with E-state index in [1.54, 1.807) is 36.4 Å². The van der Waals surface area contributed by atoms with E-state index in [0.717, 1.165) is 42.2 Å². The predicted molar refractivity (Wildman–Crippen MR) is 192 cm³/mol. The Morgan fingerprint density at radius 1 is 0.500 bits per heavy atom. The van der Waals surface area contributed by atoms with Crippen molar-refractivity contribution >= 4 is 55.0 Å². The molecule has 4 amide bonds. The van der Waals surface area contributed by atoms with Crippen LogP contribution in [0.2, 0.25) is 0 Å². The van der Waals surface area contributed by atoms with Crippen molar-refractivity contribution in [2.75, 3.05) is 21.3 Å². The summed E-state index contributed by atoms with van der Waals surface area (Å²) in [5.74, 6) is -0.402. The Hall–Kier alpha value is -5.86. The largest absolute Gasteiger partial charge is 0.377 e.